The summed E-state index contributed by atoms with van der Waals surface area (Å²) < 4.78 is 28.1. The van der Waals surface area contributed by atoms with Gasteiger partial charge in [-0.1, -0.05) is 12.1 Å². The highest BCUT2D eigenvalue weighted by molar-refractivity contribution is 5.78. The van der Waals surface area contributed by atoms with Gasteiger partial charge in [-0.05, 0) is 51.1 Å². The lowest BCUT2D eigenvalue weighted by Gasteiger charge is -2.56. The van der Waals surface area contributed by atoms with E-state index >= 15 is 0 Å². The molecule has 9 nitrogen and oxygen atoms in total. The highest BCUT2D eigenvalue weighted by atomic mass is 16.7. The molecule has 33 heavy (non-hydrogen) atoms. The van der Waals surface area contributed by atoms with Crippen molar-refractivity contribution >= 4 is 12.1 Å². The van der Waals surface area contributed by atoms with Gasteiger partial charge >= 0.3 is 12.1 Å². The first-order valence-corrected chi connectivity index (χ1v) is 11.4. The topological polar surface area (TPSA) is 95.6 Å². The first-order chi connectivity index (χ1) is 16.0. The number of methoxy groups -OCH3 is 1. The summed E-state index contributed by atoms with van der Waals surface area (Å²) >= 11 is 0. The largest absolute Gasteiger partial charge is 0.481 e. The van der Waals surface area contributed by atoms with Crippen molar-refractivity contribution in [3.05, 3.63) is 35.4 Å². The normalized spacial score (nSPS) is 30.8. The van der Waals surface area contributed by atoms with Crippen molar-refractivity contribution in [2.75, 3.05) is 40.6 Å². The Hall–Kier alpha value is -2.78. The molecule has 5 atom stereocenters. The highest BCUT2D eigenvalue weighted by Crippen LogP contribution is 2.62. The van der Waals surface area contributed by atoms with Crippen molar-refractivity contribution in [3.63, 3.8) is 0 Å². The molecule has 1 amide bonds. The fourth-order valence-electron chi connectivity index (χ4n) is 6.07. The summed E-state index contributed by atoms with van der Waals surface area (Å²) in [6.07, 6.45) is 4.28. The van der Waals surface area contributed by atoms with E-state index in [9.17, 15) is 9.59 Å². The van der Waals surface area contributed by atoms with Crippen LogP contribution in [0.2, 0.25) is 0 Å². The van der Waals surface area contributed by atoms with Gasteiger partial charge in [-0.2, -0.15) is 0 Å². The molecular formula is C24H30N2O7. The fourth-order valence-corrected chi connectivity index (χ4v) is 6.07. The summed E-state index contributed by atoms with van der Waals surface area (Å²) in [5.74, 6) is 1.11. The number of nitrogens with one attached hydrogen (secondary N) is 1. The fraction of sp³-hybridized carbons (Fsp3) is 0.583. The van der Waals surface area contributed by atoms with Crippen molar-refractivity contribution in [2.45, 2.75) is 43.4 Å². The van der Waals surface area contributed by atoms with E-state index in [0.717, 1.165) is 25.1 Å². The Morgan fingerprint density at radius 1 is 1.30 bits per heavy atom. The number of nitrogens with zero attached hydrogens (tertiary/aromatic N) is 1. The Kier molecular flexibility index (Phi) is 5.70. The van der Waals surface area contributed by atoms with Crippen LogP contribution in [0.3, 0.4) is 0 Å². The Morgan fingerprint density at radius 2 is 2.15 bits per heavy atom. The number of hydrogen-bond acceptors (Lipinski definition) is 8. The van der Waals surface area contributed by atoms with E-state index in [-0.39, 0.29) is 37.4 Å². The molecule has 1 aromatic rings. The van der Waals surface area contributed by atoms with Crippen LogP contribution < -0.4 is 14.8 Å². The molecule has 4 aliphatic rings. The van der Waals surface area contributed by atoms with Crippen LogP contribution in [0.4, 0.5) is 4.79 Å². The molecule has 0 saturated carbocycles. The van der Waals surface area contributed by atoms with E-state index in [0.29, 0.717) is 11.8 Å². The number of likely N-dealkylation sites (N-methyl/N-ethyl adjacent to an activating group) is 1. The summed E-state index contributed by atoms with van der Waals surface area (Å²) in [4.78, 5) is 26.5. The van der Waals surface area contributed by atoms with Crippen LogP contribution in [-0.4, -0.2) is 75.9 Å². The Bertz CT molecular complexity index is 980. The predicted octanol–water partition coefficient (Wildman–Crippen LogP) is 1.77. The van der Waals surface area contributed by atoms with Gasteiger partial charge in [-0.25, -0.2) is 4.79 Å². The molecule has 0 unspecified atom stereocenters. The van der Waals surface area contributed by atoms with Crippen LogP contribution in [0.25, 0.3) is 0 Å². The summed E-state index contributed by atoms with van der Waals surface area (Å²) in [5.41, 5.74) is 2.14. The average Bonchev–Trinajstić information content (AvgIpc) is 3.16. The van der Waals surface area contributed by atoms with E-state index < -0.39 is 18.2 Å². The molecule has 1 saturated heterocycles. The van der Waals surface area contributed by atoms with Gasteiger partial charge in [0.2, 0.25) is 0 Å². The number of carbonyl (C=O) groups is 2. The molecule has 0 aromatic heterocycles. The molecule has 178 valence electrons. The number of piperidine rings is 1. The Labute approximate surface area is 192 Å². The second-order valence-electron chi connectivity index (χ2n) is 9.00. The molecule has 5 rings (SSSR count). The Morgan fingerprint density at radius 3 is 2.94 bits per heavy atom. The van der Waals surface area contributed by atoms with Gasteiger partial charge in [0.25, 0.3) is 0 Å². The SMILES string of the molecule is CCOC(=O)CNC(=O)O[C@H]1C=C[C@H]2[C@H]3Cc4ccc(OCOC)c5c4[C@@]2(CCN3C)[C@H]1O5. The van der Waals surface area contributed by atoms with Gasteiger partial charge in [0, 0.05) is 30.0 Å². The summed E-state index contributed by atoms with van der Waals surface area (Å²) in [5, 5.41) is 2.48. The van der Waals surface area contributed by atoms with Crippen LogP contribution in [0, 0.1) is 5.92 Å². The lowest BCUT2D eigenvalue weighted by Crippen LogP contribution is -2.65. The third-order valence-electron chi connectivity index (χ3n) is 7.37. The number of likely N-dealkylation sites (tertiary alicyclic amines) is 1. The number of hydrogen-bond donors (Lipinski definition) is 1. The van der Waals surface area contributed by atoms with Crippen LogP contribution in [0.5, 0.6) is 11.5 Å². The maximum Gasteiger partial charge on any atom is 0.408 e. The minimum Gasteiger partial charge on any atom is -0.481 e. The van der Waals surface area contributed by atoms with Crippen molar-refractivity contribution in [2.24, 2.45) is 5.92 Å². The second kappa shape index (κ2) is 8.53. The minimum absolute atomic E-state index is 0.121. The van der Waals surface area contributed by atoms with Crippen LogP contribution in [-0.2, 0) is 30.8 Å². The van der Waals surface area contributed by atoms with E-state index in [1.54, 1.807) is 14.0 Å². The number of rotatable bonds is 7. The standard InChI is InChI=1S/C24H30N2O7/c1-4-30-19(27)12-25-23(28)32-18-8-6-15-16-11-14-5-7-17(31-13-29-3)21-20(14)24(15,22(18)33-21)9-10-26(16)2/h5-8,15-16,18,22H,4,9-13H2,1-3H3,(H,25,28)/t15-,16+,18-,22-,24-/m0/s1. The number of esters is 1. The number of alkyl carbamates (subject to hydrolysis) is 1. The quantitative estimate of drug-likeness (QED) is 0.375. The van der Waals surface area contributed by atoms with Crippen molar-refractivity contribution in [1.29, 1.82) is 0 Å². The lowest BCUT2D eigenvalue weighted by molar-refractivity contribution is -0.142. The summed E-state index contributed by atoms with van der Waals surface area (Å²) in [7, 11) is 3.75. The molecular weight excluding hydrogens is 428 g/mol. The number of amides is 1. The molecule has 2 heterocycles. The zero-order valence-electron chi connectivity index (χ0n) is 19.2. The van der Waals surface area contributed by atoms with E-state index in [4.69, 9.17) is 23.7 Å². The van der Waals surface area contributed by atoms with E-state index in [1.807, 2.05) is 12.1 Å². The molecule has 1 spiro atoms. The van der Waals surface area contributed by atoms with E-state index in [2.05, 4.69) is 29.4 Å². The van der Waals surface area contributed by atoms with Gasteiger partial charge in [-0.3, -0.25) is 4.79 Å². The van der Waals surface area contributed by atoms with Gasteiger partial charge in [-0.15, -0.1) is 0 Å². The van der Waals surface area contributed by atoms with Gasteiger partial charge in [0.15, 0.2) is 24.4 Å². The first-order valence-electron chi connectivity index (χ1n) is 11.4. The maximum absolute atomic E-state index is 12.5. The minimum atomic E-state index is -0.677. The van der Waals surface area contributed by atoms with Crippen molar-refractivity contribution in [1.82, 2.24) is 10.2 Å². The number of ether oxygens (including phenoxy) is 5. The van der Waals surface area contributed by atoms with Crippen LogP contribution in [0.1, 0.15) is 24.5 Å². The first kappa shape index (κ1) is 22.0. The zero-order valence-corrected chi connectivity index (χ0v) is 19.2. The van der Waals surface area contributed by atoms with Crippen molar-refractivity contribution in [3.8, 4) is 11.5 Å². The molecule has 2 bridgehead atoms. The molecule has 1 fully saturated rings. The molecule has 9 heteroatoms. The van der Waals surface area contributed by atoms with Gasteiger partial charge in [0.1, 0.15) is 12.6 Å². The third kappa shape index (κ3) is 3.45. The molecule has 1 aromatic carbocycles. The van der Waals surface area contributed by atoms with Crippen LogP contribution in [0.15, 0.2) is 24.3 Å². The van der Waals surface area contributed by atoms with Crippen LogP contribution >= 0.6 is 0 Å². The highest BCUT2D eigenvalue weighted by Gasteiger charge is 2.65. The molecule has 2 aliphatic carbocycles. The molecule has 2 aliphatic heterocycles. The molecule has 0 radical (unpaired) electrons. The summed E-state index contributed by atoms with van der Waals surface area (Å²) in [6, 6.07) is 4.41. The lowest BCUT2D eigenvalue weighted by atomic mass is 9.53. The van der Waals surface area contributed by atoms with Gasteiger partial charge < -0.3 is 33.9 Å². The predicted molar refractivity (Wildman–Crippen MR) is 117 cm³/mol. The smallest absolute Gasteiger partial charge is 0.408 e. The average molecular weight is 459 g/mol. The molecule has 1 N–H and O–H groups in total. The monoisotopic (exact) mass is 458 g/mol. The Balaban J connectivity index is 1.46. The van der Waals surface area contributed by atoms with Crippen molar-refractivity contribution < 1.29 is 33.3 Å². The number of benzene rings is 1. The summed E-state index contributed by atoms with van der Waals surface area (Å²) in [6.45, 7) is 2.78. The second-order valence-corrected chi connectivity index (χ2v) is 9.00. The maximum atomic E-state index is 12.5. The third-order valence-corrected chi connectivity index (χ3v) is 7.37. The van der Waals surface area contributed by atoms with E-state index in [1.165, 1.54) is 11.1 Å². The number of carbonyl (C=O) groups excluding carboxylic acids is 2. The van der Waals surface area contributed by atoms with Gasteiger partial charge in [0.05, 0.1) is 6.61 Å². The zero-order chi connectivity index (χ0) is 23.2.